The second-order valence-electron chi connectivity index (χ2n) is 5.91. The molecule has 3 rings (SSSR count). The third kappa shape index (κ3) is 4.05. The largest absolute Gasteiger partial charge is 0.340 e. The SMILES string of the molecule is Cc1ccc(Nc2cc(C(=O)Nc3ccc(F)c(F)c3F)ncn2)c(C)c1. The average Bonchev–Trinajstić information content (AvgIpc) is 2.65. The summed E-state index contributed by atoms with van der Waals surface area (Å²) in [7, 11) is 0. The zero-order chi connectivity index (χ0) is 19.6. The number of hydrogen-bond donors (Lipinski definition) is 2. The number of anilines is 3. The highest BCUT2D eigenvalue weighted by atomic mass is 19.2. The standard InChI is InChI=1S/C19H15F3N4O/c1-10-3-5-13(11(2)7-10)25-16-8-15(23-9-24-16)19(27)26-14-6-4-12(20)17(21)18(14)22/h3-9H,1-2H3,(H,26,27)(H,23,24,25). The van der Waals surface area contributed by atoms with Crippen LogP contribution in [0.25, 0.3) is 0 Å². The minimum absolute atomic E-state index is 0.0682. The van der Waals surface area contributed by atoms with E-state index < -0.39 is 29.0 Å². The van der Waals surface area contributed by atoms with E-state index in [0.717, 1.165) is 28.9 Å². The van der Waals surface area contributed by atoms with E-state index in [1.807, 2.05) is 32.0 Å². The van der Waals surface area contributed by atoms with Crippen molar-refractivity contribution in [3.05, 3.63) is 77.0 Å². The summed E-state index contributed by atoms with van der Waals surface area (Å²) in [5.41, 5.74) is 2.35. The molecule has 2 N–H and O–H groups in total. The molecule has 0 aliphatic carbocycles. The van der Waals surface area contributed by atoms with Crippen molar-refractivity contribution in [3.63, 3.8) is 0 Å². The number of carbonyl (C=O) groups is 1. The molecular formula is C19H15F3N4O. The summed E-state index contributed by atoms with van der Waals surface area (Å²) < 4.78 is 40.0. The van der Waals surface area contributed by atoms with Gasteiger partial charge in [0.25, 0.3) is 5.91 Å². The first-order valence-electron chi connectivity index (χ1n) is 7.96. The molecule has 5 nitrogen and oxygen atoms in total. The summed E-state index contributed by atoms with van der Waals surface area (Å²) in [6.45, 7) is 3.90. The molecule has 0 unspecified atom stereocenters. The molecule has 0 spiro atoms. The van der Waals surface area contributed by atoms with Crippen LogP contribution in [0.4, 0.5) is 30.4 Å². The molecule has 1 amide bonds. The monoisotopic (exact) mass is 372 g/mol. The van der Waals surface area contributed by atoms with Crippen LogP contribution in [-0.4, -0.2) is 15.9 Å². The van der Waals surface area contributed by atoms with E-state index in [1.54, 1.807) is 0 Å². The van der Waals surface area contributed by atoms with Crippen LogP contribution in [0.5, 0.6) is 0 Å². The van der Waals surface area contributed by atoms with Gasteiger partial charge in [-0.2, -0.15) is 0 Å². The number of benzene rings is 2. The highest BCUT2D eigenvalue weighted by Gasteiger charge is 2.17. The number of rotatable bonds is 4. The molecule has 0 radical (unpaired) electrons. The number of nitrogens with zero attached hydrogens (tertiary/aromatic N) is 2. The molecule has 0 aliphatic rings. The fourth-order valence-electron chi connectivity index (χ4n) is 2.45. The van der Waals surface area contributed by atoms with Gasteiger partial charge in [-0.25, -0.2) is 23.1 Å². The van der Waals surface area contributed by atoms with Crippen molar-refractivity contribution in [2.45, 2.75) is 13.8 Å². The molecule has 3 aromatic rings. The Morgan fingerprint density at radius 2 is 1.67 bits per heavy atom. The predicted molar refractivity (Wildman–Crippen MR) is 95.5 cm³/mol. The Bertz CT molecular complexity index is 1020. The molecule has 0 bridgehead atoms. The predicted octanol–water partition coefficient (Wildman–Crippen LogP) is 4.51. The van der Waals surface area contributed by atoms with Crippen molar-refractivity contribution in [1.29, 1.82) is 0 Å². The van der Waals surface area contributed by atoms with Crippen LogP contribution >= 0.6 is 0 Å². The highest BCUT2D eigenvalue weighted by molar-refractivity contribution is 6.03. The summed E-state index contributed by atoms with van der Waals surface area (Å²) in [4.78, 5) is 20.1. The number of nitrogens with one attached hydrogen (secondary N) is 2. The van der Waals surface area contributed by atoms with Crippen molar-refractivity contribution < 1.29 is 18.0 Å². The first kappa shape index (κ1) is 18.4. The zero-order valence-corrected chi connectivity index (χ0v) is 14.5. The first-order chi connectivity index (χ1) is 12.8. The van der Waals surface area contributed by atoms with Crippen molar-refractivity contribution in [3.8, 4) is 0 Å². The molecule has 2 aromatic carbocycles. The Kier molecular flexibility index (Phi) is 5.07. The molecule has 27 heavy (non-hydrogen) atoms. The average molecular weight is 372 g/mol. The van der Waals surface area contributed by atoms with Gasteiger partial charge in [-0.1, -0.05) is 17.7 Å². The molecule has 0 aliphatic heterocycles. The maximum atomic E-state index is 13.7. The molecule has 8 heteroatoms. The Morgan fingerprint density at radius 1 is 0.926 bits per heavy atom. The van der Waals surface area contributed by atoms with Crippen LogP contribution in [0.2, 0.25) is 0 Å². The quantitative estimate of drug-likeness (QED) is 0.662. The Balaban J connectivity index is 1.81. The van der Waals surface area contributed by atoms with Gasteiger partial charge in [0.2, 0.25) is 0 Å². The van der Waals surface area contributed by atoms with Gasteiger partial charge in [0, 0.05) is 11.8 Å². The fraction of sp³-hybridized carbons (Fsp3) is 0.105. The molecule has 138 valence electrons. The first-order valence-corrected chi connectivity index (χ1v) is 7.96. The number of carbonyl (C=O) groups excluding carboxylic acids is 1. The number of aryl methyl sites for hydroxylation is 2. The Labute approximate surface area is 153 Å². The van der Waals surface area contributed by atoms with E-state index >= 15 is 0 Å². The van der Waals surface area contributed by atoms with Crippen LogP contribution in [-0.2, 0) is 0 Å². The Morgan fingerprint density at radius 3 is 2.41 bits per heavy atom. The minimum atomic E-state index is -1.66. The summed E-state index contributed by atoms with van der Waals surface area (Å²) in [6, 6.07) is 8.82. The van der Waals surface area contributed by atoms with Crippen LogP contribution < -0.4 is 10.6 Å². The van der Waals surface area contributed by atoms with Crippen molar-refractivity contribution in [2.24, 2.45) is 0 Å². The van der Waals surface area contributed by atoms with Crippen LogP contribution in [0.15, 0.2) is 42.7 Å². The second-order valence-corrected chi connectivity index (χ2v) is 5.91. The highest BCUT2D eigenvalue weighted by Crippen LogP contribution is 2.22. The summed E-state index contributed by atoms with van der Waals surface area (Å²) in [6.07, 6.45) is 1.17. The van der Waals surface area contributed by atoms with Gasteiger partial charge < -0.3 is 10.6 Å². The van der Waals surface area contributed by atoms with E-state index in [1.165, 1.54) is 12.4 Å². The fourth-order valence-corrected chi connectivity index (χ4v) is 2.45. The third-order valence-corrected chi connectivity index (χ3v) is 3.83. The lowest BCUT2D eigenvalue weighted by Gasteiger charge is -2.11. The van der Waals surface area contributed by atoms with Crippen molar-refractivity contribution >= 4 is 23.1 Å². The lowest BCUT2D eigenvalue weighted by Crippen LogP contribution is -2.16. The van der Waals surface area contributed by atoms with E-state index in [0.29, 0.717) is 5.82 Å². The lowest BCUT2D eigenvalue weighted by atomic mass is 10.1. The maximum absolute atomic E-state index is 13.7. The maximum Gasteiger partial charge on any atom is 0.274 e. The number of aromatic nitrogens is 2. The van der Waals surface area contributed by atoms with Gasteiger partial charge in [0.05, 0.1) is 5.69 Å². The van der Waals surface area contributed by atoms with Crippen LogP contribution in [0.3, 0.4) is 0 Å². The van der Waals surface area contributed by atoms with Gasteiger partial charge in [0.15, 0.2) is 17.5 Å². The van der Waals surface area contributed by atoms with Crippen LogP contribution in [0.1, 0.15) is 21.6 Å². The van der Waals surface area contributed by atoms with E-state index in [-0.39, 0.29) is 5.69 Å². The molecule has 0 atom stereocenters. The van der Waals surface area contributed by atoms with Gasteiger partial charge >= 0.3 is 0 Å². The smallest absolute Gasteiger partial charge is 0.274 e. The molecular weight excluding hydrogens is 357 g/mol. The minimum Gasteiger partial charge on any atom is -0.340 e. The molecule has 0 saturated carbocycles. The molecule has 0 fully saturated rings. The molecule has 1 heterocycles. The van der Waals surface area contributed by atoms with Gasteiger partial charge in [-0.15, -0.1) is 0 Å². The van der Waals surface area contributed by atoms with Gasteiger partial charge in [-0.05, 0) is 37.6 Å². The number of hydrogen-bond acceptors (Lipinski definition) is 4. The van der Waals surface area contributed by atoms with Crippen molar-refractivity contribution in [1.82, 2.24) is 9.97 Å². The number of amides is 1. The van der Waals surface area contributed by atoms with Gasteiger partial charge in [0.1, 0.15) is 17.8 Å². The normalized spacial score (nSPS) is 10.6. The van der Waals surface area contributed by atoms with Crippen molar-refractivity contribution in [2.75, 3.05) is 10.6 Å². The molecule has 0 saturated heterocycles. The summed E-state index contributed by atoms with van der Waals surface area (Å²) >= 11 is 0. The van der Waals surface area contributed by atoms with Crippen LogP contribution in [0, 0.1) is 31.3 Å². The summed E-state index contributed by atoms with van der Waals surface area (Å²) in [5, 5.41) is 5.24. The van der Waals surface area contributed by atoms with E-state index in [4.69, 9.17) is 0 Å². The number of halogens is 3. The molecule has 1 aromatic heterocycles. The van der Waals surface area contributed by atoms with E-state index in [2.05, 4.69) is 20.6 Å². The Hall–Kier alpha value is -3.42. The third-order valence-electron chi connectivity index (χ3n) is 3.83. The zero-order valence-electron chi connectivity index (χ0n) is 14.5. The summed E-state index contributed by atoms with van der Waals surface area (Å²) in [5.74, 6) is -4.91. The second kappa shape index (κ2) is 7.45. The topological polar surface area (TPSA) is 66.9 Å². The van der Waals surface area contributed by atoms with E-state index in [9.17, 15) is 18.0 Å². The lowest BCUT2D eigenvalue weighted by molar-refractivity contribution is 0.102. The van der Waals surface area contributed by atoms with Gasteiger partial charge in [-0.3, -0.25) is 4.79 Å².